The Bertz CT molecular complexity index is 1280. The van der Waals surface area contributed by atoms with E-state index < -0.39 is 17.7 Å². The summed E-state index contributed by atoms with van der Waals surface area (Å²) in [5, 5.41) is 9.50. The van der Waals surface area contributed by atoms with E-state index >= 15 is 0 Å². The summed E-state index contributed by atoms with van der Waals surface area (Å²) in [4.78, 5) is 36.0. The highest BCUT2D eigenvalue weighted by molar-refractivity contribution is 6.35. The van der Waals surface area contributed by atoms with Crippen molar-refractivity contribution in [3.05, 3.63) is 75.7 Å². The average Bonchev–Trinajstić information content (AvgIpc) is 3.37. The lowest BCUT2D eigenvalue weighted by Crippen LogP contribution is -2.37. The molecule has 0 bridgehead atoms. The summed E-state index contributed by atoms with van der Waals surface area (Å²) in [5.74, 6) is -1.38. The maximum absolute atomic E-state index is 12.3. The molecule has 3 rings (SSSR count). The second-order valence-electron chi connectivity index (χ2n) is 7.29. The van der Waals surface area contributed by atoms with Crippen LogP contribution in [-0.2, 0) is 20.9 Å². The number of halogens is 2. The molecule has 3 N–H and O–H groups in total. The van der Waals surface area contributed by atoms with Crippen molar-refractivity contribution in [1.29, 1.82) is 0 Å². The minimum atomic E-state index is -0.961. The number of rotatable bonds is 9. The van der Waals surface area contributed by atoms with Crippen LogP contribution in [0, 0.1) is 6.92 Å². The van der Waals surface area contributed by atoms with Gasteiger partial charge < -0.3 is 24.5 Å². The highest BCUT2D eigenvalue weighted by atomic mass is 35.5. The van der Waals surface area contributed by atoms with Gasteiger partial charge in [0.15, 0.2) is 18.1 Å². The van der Waals surface area contributed by atoms with Gasteiger partial charge in [-0.1, -0.05) is 29.3 Å². The molecule has 0 atom stereocenters. The van der Waals surface area contributed by atoms with Crippen molar-refractivity contribution in [3.63, 3.8) is 0 Å². The van der Waals surface area contributed by atoms with Gasteiger partial charge in [0.05, 0.1) is 31.2 Å². The Labute approximate surface area is 216 Å². The van der Waals surface area contributed by atoms with Gasteiger partial charge in [0, 0.05) is 10.7 Å². The van der Waals surface area contributed by atoms with Crippen molar-refractivity contribution in [2.75, 3.05) is 19.0 Å². The molecule has 0 aliphatic carbocycles. The van der Waals surface area contributed by atoms with E-state index in [0.29, 0.717) is 22.0 Å². The molecule has 188 valence electrons. The van der Waals surface area contributed by atoms with Gasteiger partial charge in [0.2, 0.25) is 0 Å². The van der Waals surface area contributed by atoms with Gasteiger partial charge in [0.1, 0.15) is 5.76 Å². The van der Waals surface area contributed by atoms with Gasteiger partial charge >= 0.3 is 11.8 Å². The Morgan fingerprint density at radius 1 is 1.11 bits per heavy atom. The minimum absolute atomic E-state index is 0.0635. The quantitative estimate of drug-likeness (QED) is 0.219. The van der Waals surface area contributed by atoms with Gasteiger partial charge in [0.25, 0.3) is 5.91 Å². The Morgan fingerprint density at radius 2 is 1.92 bits per heavy atom. The zero-order valence-corrected chi connectivity index (χ0v) is 20.8. The average molecular weight is 533 g/mol. The third kappa shape index (κ3) is 7.49. The topological polar surface area (TPSA) is 131 Å². The molecule has 3 aromatic rings. The number of hydrogen-bond donors (Lipinski definition) is 3. The SMILES string of the molecule is COc1cc(/C=N\NC(=O)C(=O)NCc2ccco2)cc(Cl)c1OCC(=O)Nc1cc(Cl)ccc1C. The van der Waals surface area contributed by atoms with Crippen LogP contribution in [0.15, 0.2) is 58.2 Å². The largest absolute Gasteiger partial charge is 0.493 e. The molecule has 0 aliphatic heterocycles. The molecule has 1 aromatic heterocycles. The van der Waals surface area contributed by atoms with E-state index in [4.69, 9.17) is 37.1 Å². The third-order valence-electron chi connectivity index (χ3n) is 4.66. The number of nitrogens with zero attached hydrogens (tertiary/aromatic N) is 1. The van der Waals surface area contributed by atoms with E-state index in [-0.39, 0.29) is 29.7 Å². The van der Waals surface area contributed by atoms with Crippen LogP contribution in [0.2, 0.25) is 10.0 Å². The number of hydrogen-bond acceptors (Lipinski definition) is 7. The van der Waals surface area contributed by atoms with Crippen molar-refractivity contribution in [3.8, 4) is 11.5 Å². The van der Waals surface area contributed by atoms with Gasteiger partial charge in [-0.05, 0) is 54.4 Å². The molecular formula is C24H22Cl2N4O6. The summed E-state index contributed by atoms with van der Waals surface area (Å²) < 4.78 is 16.0. The number of methoxy groups -OCH3 is 1. The molecule has 1 heterocycles. The van der Waals surface area contributed by atoms with E-state index in [1.165, 1.54) is 31.7 Å². The van der Waals surface area contributed by atoms with E-state index in [9.17, 15) is 14.4 Å². The number of carbonyl (C=O) groups excluding carboxylic acids is 3. The van der Waals surface area contributed by atoms with Crippen LogP contribution in [0.3, 0.4) is 0 Å². The fourth-order valence-corrected chi connectivity index (χ4v) is 3.33. The molecule has 0 fully saturated rings. The summed E-state index contributed by atoms with van der Waals surface area (Å²) in [6, 6.07) is 11.5. The van der Waals surface area contributed by atoms with Crippen LogP contribution in [0.5, 0.6) is 11.5 Å². The normalized spacial score (nSPS) is 10.7. The molecule has 2 aromatic carbocycles. The van der Waals surface area contributed by atoms with E-state index in [1.807, 2.05) is 6.92 Å². The predicted octanol–water partition coefficient (Wildman–Crippen LogP) is 3.69. The first-order chi connectivity index (χ1) is 17.3. The zero-order chi connectivity index (χ0) is 26.1. The Balaban J connectivity index is 1.56. The summed E-state index contributed by atoms with van der Waals surface area (Å²) in [6.45, 7) is 1.56. The first-order valence-electron chi connectivity index (χ1n) is 10.5. The zero-order valence-electron chi connectivity index (χ0n) is 19.3. The number of benzene rings is 2. The number of aryl methyl sites for hydroxylation is 1. The number of furan rings is 1. The second kappa shape index (κ2) is 12.6. The summed E-state index contributed by atoms with van der Waals surface area (Å²) in [6.07, 6.45) is 2.72. The molecule has 36 heavy (non-hydrogen) atoms. The fourth-order valence-electron chi connectivity index (χ4n) is 2.88. The van der Waals surface area contributed by atoms with E-state index in [1.54, 1.807) is 30.3 Å². The van der Waals surface area contributed by atoms with Crippen LogP contribution in [0.25, 0.3) is 0 Å². The third-order valence-corrected chi connectivity index (χ3v) is 5.18. The summed E-state index contributed by atoms with van der Waals surface area (Å²) in [5.41, 5.74) is 3.97. The lowest BCUT2D eigenvalue weighted by Gasteiger charge is -2.14. The number of anilines is 1. The monoisotopic (exact) mass is 532 g/mol. The Hall–Kier alpha value is -4.02. The van der Waals surface area contributed by atoms with Crippen molar-refractivity contribution in [1.82, 2.24) is 10.7 Å². The maximum atomic E-state index is 12.3. The first-order valence-corrected chi connectivity index (χ1v) is 11.2. The van der Waals surface area contributed by atoms with Crippen LogP contribution in [0.1, 0.15) is 16.9 Å². The van der Waals surface area contributed by atoms with Crippen LogP contribution >= 0.6 is 23.2 Å². The molecular weight excluding hydrogens is 511 g/mol. The Kier molecular flexibility index (Phi) is 9.32. The molecule has 0 saturated carbocycles. The highest BCUT2D eigenvalue weighted by Crippen LogP contribution is 2.36. The second-order valence-corrected chi connectivity index (χ2v) is 8.14. The molecule has 0 aliphatic rings. The van der Waals surface area contributed by atoms with Crippen LogP contribution in [-0.4, -0.2) is 37.7 Å². The standard InChI is InChI=1S/C24H22Cl2N4O6/c1-14-5-6-16(25)10-19(14)29-21(31)13-36-22-18(26)8-15(9-20(22)34-2)11-28-30-24(33)23(32)27-12-17-4-3-7-35-17/h3-11H,12-13H2,1-2H3,(H,27,32)(H,29,31)(H,30,33)/b28-11-. The van der Waals surface area contributed by atoms with Crippen molar-refractivity contribution in [2.45, 2.75) is 13.5 Å². The maximum Gasteiger partial charge on any atom is 0.329 e. The van der Waals surface area contributed by atoms with Gasteiger partial charge in [-0.25, -0.2) is 5.43 Å². The van der Waals surface area contributed by atoms with Crippen LogP contribution < -0.4 is 25.5 Å². The minimum Gasteiger partial charge on any atom is -0.493 e. The van der Waals surface area contributed by atoms with Crippen molar-refractivity contribution >= 4 is 52.8 Å². The number of nitrogens with one attached hydrogen (secondary N) is 3. The number of ether oxygens (including phenoxy) is 2. The van der Waals surface area contributed by atoms with Gasteiger partial charge in [-0.2, -0.15) is 5.10 Å². The molecule has 0 saturated heterocycles. The number of amides is 3. The van der Waals surface area contributed by atoms with Crippen LogP contribution in [0.4, 0.5) is 5.69 Å². The summed E-state index contributed by atoms with van der Waals surface area (Å²) in [7, 11) is 1.40. The summed E-state index contributed by atoms with van der Waals surface area (Å²) >= 11 is 12.3. The molecule has 0 spiro atoms. The highest BCUT2D eigenvalue weighted by Gasteiger charge is 2.15. The van der Waals surface area contributed by atoms with E-state index in [2.05, 4.69) is 21.2 Å². The predicted molar refractivity (Wildman–Crippen MR) is 135 cm³/mol. The first kappa shape index (κ1) is 26.6. The molecule has 0 unspecified atom stereocenters. The lowest BCUT2D eigenvalue weighted by molar-refractivity contribution is -0.139. The number of carbonyl (C=O) groups is 3. The number of hydrazone groups is 1. The Morgan fingerprint density at radius 3 is 2.64 bits per heavy atom. The molecule has 12 heteroatoms. The van der Waals surface area contributed by atoms with Gasteiger partial charge in [-0.3, -0.25) is 14.4 Å². The van der Waals surface area contributed by atoms with Crippen molar-refractivity contribution < 1.29 is 28.3 Å². The van der Waals surface area contributed by atoms with Gasteiger partial charge in [-0.15, -0.1) is 0 Å². The fraction of sp³-hybridized carbons (Fsp3) is 0.167. The smallest absolute Gasteiger partial charge is 0.329 e. The molecule has 10 nitrogen and oxygen atoms in total. The van der Waals surface area contributed by atoms with Crippen molar-refractivity contribution in [2.24, 2.45) is 5.10 Å². The lowest BCUT2D eigenvalue weighted by atomic mass is 10.2. The molecule has 0 radical (unpaired) electrons. The van der Waals surface area contributed by atoms with E-state index in [0.717, 1.165) is 5.56 Å². The molecule has 3 amide bonds.